The highest BCUT2D eigenvalue weighted by Gasteiger charge is 2.32. The first-order valence-corrected chi connectivity index (χ1v) is 15.5. The van der Waals surface area contributed by atoms with Crippen LogP contribution in [0, 0.1) is 5.41 Å². The van der Waals surface area contributed by atoms with Crippen molar-refractivity contribution in [2.45, 2.75) is 65.8 Å². The van der Waals surface area contributed by atoms with Gasteiger partial charge in [0.25, 0.3) is 0 Å². The summed E-state index contributed by atoms with van der Waals surface area (Å²) < 4.78 is 16.1. The Morgan fingerprint density at radius 1 is 0.795 bits per heavy atom. The van der Waals surface area contributed by atoms with E-state index in [1.165, 1.54) is 12.7 Å². The molecule has 0 saturated carbocycles. The van der Waals surface area contributed by atoms with Crippen molar-refractivity contribution in [3.05, 3.63) is 101 Å². The Morgan fingerprint density at radius 3 is 2.20 bits per heavy atom. The molecular weight excluding hydrogens is 554 g/mol. The number of Topliss-reactive ketones (excluding diaryl/α,β-unsaturated/α-hetero) is 1. The van der Waals surface area contributed by atoms with Crippen LogP contribution in [0.1, 0.15) is 73.5 Å². The fraction of sp³-hybridized carbons (Fsp3) is 0.432. The van der Waals surface area contributed by atoms with Gasteiger partial charge in [-0.1, -0.05) is 74.5 Å². The van der Waals surface area contributed by atoms with E-state index in [1.807, 2.05) is 36.4 Å². The minimum atomic E-state index is -0.860. The maximum absolute atomic E-state index is 13.4. The smallest absolute Gasteiger partial charge is 0.337 e. The van der Waals surface area contributed by atoms with Crippen molar-refractivity contribution in [1.29, 1.82) is 0 Å². The average molecular weight is 602 g/mol. The molecule has 7 nitrogen and oxygen atoms in total. The van der Waals surface area contributed by atoms with Gasteiger partial charge >= 0.3 is 11.9 Å². The minimum Gasteiger partial charge on any atom is -0.493 e. The summed E-state index contributed by atoms with van der Waals surface area (Å²) in [5, 5.41) is 0. The number of benzene rings is 3. The Kier molecular flexibility index (Phi) is 14.1. The number of nitrogens with zero attached hydrogens (tertiary/aromatic N) is 1. The number of carbonyl (C=O) groups is 3. The first kappa shape index (κ1) is 34.5. The van der Waals surface area contributed by atoms with Gasteiger partial charge in [-0.3, -0.25) is 14.5 Å². The fourth-order valence-corrected chi connectivity index (χ4v) is 4.99. The largest absolute Gasteiger partial charge is 0.493 e. The number of unbranched alkanes of at least 4 members (excludes halogenated alkanes) is 2. The lowest BCUT2D eigenvalue weighted by Gasteiger charge is -2.28. The zero-order chi connectivity index (χ0) is 31.8. The number of aryl methyl sites for hydroxylation is 1. The van der Waals surface area contributed by atoms with Gasteiger partial charge in [-0.25, -0.2) is 4.79 Å². The van der Waals surface area contributed by atoms with Gasteiger partial charge in [0.2, 0.25) is 0 Å². The molecule has 0 heterocycles. The van der Waals surface area contributed by atoms with Crippen LogP contribution in [0.15, 0.2) is 78.9 Å². The molecule has 3 aromatic rings. The van der Waals surface area contributed by atoms with Crippen LogP contribution in [0.5, 0.6) is 5.75 Å². The number of carbonyl (C=O) groups excluding carboxylic acids is 3. The van der Waals surface area contributed by atoms with E-state index in [0.717, 1.165) is 42.6 Å². The van der Waals surface area contributed by atoms with E-state index >= 15 is 0 Å². The number of rotatable bonds is 19. The number of esters is 2. The Balaban J connectivity index is 1.62. The first-order valence-electron chi connectivity index (χ1n) is 15.5. The lowest BCUT2D eigenvalue weighted by molar-refractivity contribution is -0.148. The van der Waals surface area contributed by atoms with Crippen LogP contribution >= 0.6 is 0 Å². The zero-order valence-corrected chi connectivity index (χ0v) is 26.7. The zero-order valence-electron chi connectivity index (χ0n) is 26.7. The Bertz CT molecular complexity index is 1320. The number of methoxy groups -OCH3 is 1. The van der Waals surface area contributed by atoms with Crippen molar-refractivity contribution in [3.8, 4) is 5.75 Å². The number of hydrogen-bond acceptors (Lipinski definition) is 7. The van der Waals surface area contributed by atoms with Crippen LogP contribution in [0.25, 0.3) is 0 Å². The van der Waals surface area contributed by atoms with Crippen molar-refractivity contribution >= 4 is 17.7 Å². The molecule has 44 heavy (non-hydrogen) atoms. The summed E-state index contributed by atoms with van der Waals surface area (Å²) in [7, 11) is 1.36. The monoisotopic (exact) mass is 601 g/mol. The SMILES string of the molecule is CCOC(=O)CC(C)(C)C(=O)CN(CCc1ccccc1OCCCCCc1ccccc1)Cc1ccc(C(=O)OC)cc1. The molecule has 0 atom stereocenters. The summed E-state index contributed by atoms with van der Waals surface area (Å²) in [6.07, 6.45) is 5.01. The van der Waals surface area contributed by atoms with E-state index < -0.39 is 11.4 Å². The molecule has 0 aliphatic carbocycles. The predicted molar refractivity (Wildman–Crippen MR) is 173 cm³/mol. The summed E-state index contributed by atoms with van der Waals surface area (Å²) in [5.74, 6) is 0.0720. The molecule has 0 bridgehead atoms. The van der Waals surface area contributed by atoms with Crippen molar-refractivity contribution in [1.82, 2.24) is 4.90 Å². The lowest BCUT2D eigenvalue weighted by atomic mass is 9.84. The second-order valence-corrected chi connectivity index (χ2v) is 11.7. The van der Waals surface area contributed by atoms with Gasteiger partial charge in [0.1, 0.15) is 5.75 Å². The van der Waals surface area contributed by atoms with Gasteiger partial charge in [-0.2, -0.15) is 0 Å². The van der Waals surface area contributed by atoms with Crippen LogP contribution in [-0.4, -0.2) is 56.0 Å². The van der Waals surface area contributed by atoms with Crippen LogP contribution < -0.4 is 4.74 Å². The number of ketones is 1. The van der Waals surface area contributed by atoms with Gasteiger partial charge in [0, 0.05) is 18.5 Å². The van der Waals surface area contributed by atoms with Gasteiger partial charge in [0.15, 0.2) is 5.78 Å². The molecule has 0 aliphatic rings. The molecule has 236 valence electrons. The van der Waals surface area contributed by atoms with Crippen molar-refractivity contribution < 1.29 is 28.6 Å². The van der Waals surface area contributed by atoms with Crippen molar-refractivity contribution in [2.75, 3.05) is 33.4 Å². The number of para-hydroxylation sites is 1. The lowest BCUT2D eigenvalue weighted by Crippen LogP contribution is -2.39. The molecule has 0 N–H and O–H groups in total. The number of hydrogen-bond donors (Lipinski definition) is 0. The molecule has 3 rings (SSSR count). The molecule has 0 aromatic heterocycles. The molecule has 0 aliphatic heterocycles. The van der Waals surface area contributed by atoms with Gasteiger partial charge in [0.05, 0.1) is 38.9 Å². The van der Waals surface area contributed by atoms with E-state index in [9.17, 15) is 14.4 Å². The van der Waals surface area contributed by atoms with Crippen molar-refractivity contribution in [3.63, 3.8) is 0 Å². The maximum atomic E-state index is 13.4. The van der Waals surface area contributed by atoms with E-state index in [4.69, 9.17) is 14.2 Å². The van der Waals surface area contributed by atoms with E-state index in [0.29, 0.717) is 31.7 Å². The third-order valence-electron chi connectivity index (χ3n) is 7.68. The summed E-state index contributed by atoms with van der Waals surface area (Å²) in [6.45, 7) is 7.57. The molecule has 0 radical (unpaired) electrons. The molecular formula is C37H47NO6. The van der Waals surface area contributed by atoms with Crippen LogP contribution in [0.4, 0.5) is 0 Å². The number of ether oxygens (including phenoxy) is 3. The molecule has 0 spiro atoms. The van der Waals surface area contributed by atoms with E-state index in [-0.39, 0.29) is 31.3 Å². The van der Waals surface area contributed by atoms with E-state index in [1.54, 1.807) is 32.9 Å². The Hall–Kier alpha value is -3.97. The predicted octanol–water partition coefficient (Wildman–Crippen LogP) is 6.86. The van der Waals surface area contributed by atoms with Crippen LogP contribution in [-0.2, 0) is 38.4 Å². The summed E-state index contributed by atoms with van der Waals surface area (Å²) >= 11 is 0. The molecule has 0 saturated heterocycles. The maximum Gasteiger partial charge on any atom is 0.337 e. The average Bonchev–Trinajstić information content (AvgIpc) is 3.02. The third kappa shape index (κ3) is 11.6. The van der Waals surface area contributed by atoms with Crippen molar-refractivity contribution in [2.24, 2.45) is 5.41 Å². The normalized spacial score (nSPS) is 11.3. The topological polar surface area (TPSA) is 82.1 Å². The molecule has 3 aromatic carbocycles. The second-order valence-electron chi connectivity index (χ2n) is 11.7. The van der Waals surface area contributed by atoms with Gasteiger partial charge in [-0.05, 0) is 73.9 Å². The van der Waals surface area contributed by atoms with E-state index in [2.05, 4.69) is 35.2 Å². The first-order chi connectivity index (χ1) is 21.2. The standard InChI is InChI=1S/C37H47NO6/c1-5-43-35(40)26-37(2,3)34(39)28-38(27-30-19-21-32(22-20-30)36(41)42-4)24-23-31-17-11-12-18-33(31)44-25-13-7-10-16-29-14-8-6-9-15-29/h6,8-9,11-12,14-15,17-22H,5,7,10,13,16,23-28H2,1-4H3. The van der Waals surface area contributed by atoms with Crippen LogP contribution in [0.3, 0.4) is 0 Å². The quantitative estimate of drug-likeness (QED) is 0.110. The molecule has 7 heteroatoms. The summed E-state index contributed by atoms with van der Waals surface area (Å²) in [5.41, 5.74) is 3.03. The highest BCUT2D eigenvalue weighted by Crippen LogP contribution is 2.25. The molecule has 0 amide bonds. The highest BCUT2D eigenvalue weighted by molar-refractivity contribution is 5.90. The van der Waals surface area contributed by atoms with Gasteiger partial charge in [-0.15, -0.1) is 0 Å². The third-order valence-corrected chi connectivity index (χ3v) is 7.68. The highest BCUT2D eigenvalue weighted by atomic mass is 16.5. The Morgan fingerprint density at radius 2 is 1.50 bits per heavy atom. The molecule has 0 fully saturated rings. The fourth-order valence-electron chi connectivity index (χ4n) is 4.99. The summed E-state index contributed by atoms with van der Waals surface area (Å²) in [6, 6.07) is 25.8. The minimum absolute atomic E-state index is 0.0308. The summed E-state index contributed by atoms with van der Waals surface area (Å²) in [4.78, 5) is 39.6. The second kappa shape index (κ2) is 18.0. The van der Waals surface area contributed by atoms with Crippen LogP contribution in [0.2, 0.25) is 0 Å². The Labute approximate surface area is 262 Å². The molecule has 0 unspecified atom stereocenters. The van der Waals surface area contributed by atoms with Gasteiger partial charge < -0.3 is 14.2 Å².